The van der Waals surface area contributed by atoms with Gasteiger partial charge in [0.25, 0.3) is 0 Å². The van der Waals surface area contributed by atoms with Crippen LogP contribution in [-0.2, 0) is 0 Å². The Kier molecular flexibility index (Phi) is 3.60. The van der Waals surface area contributed by atoms with Crippen LogP contribution in [0, 0.1) is 5.92 Å². The highest BCUT2D eigenvalue weighted by molar-refractivity contribution is 6.01. The molecular weight excluding hydrogens is 288 g/mol. The standard InChI is InChI=1S/C18H24N4O/c1-3-12-4-6-13(7-5-12)22-16-14-8-9-19-17(14)20-10-15(16)21-18(22)11(2)23/h8-13,23H,3-7H2,1-2H3,(H,19,20)/t11-,12-,13-/m1/s1. The van der Waals surface area contributed by atoms with Gasteiger partial charge in [-0.05, 0) is 44.6 Å². The molecule has 1 fully saturated rings. The highest BCUT2D eigenvalue weighted by Gasteiger charge is 2.27. The number of nitrogens with one attached hydrogen (secondary N) is 1. The summed E-state index contributed by atoms with van der Waals surface area (Å²) in [4.78, 5) is 12.3. The lowest BCUT2D eigenvalue weighted by Crippen LogP contribution is -2.20. The van der Waals surface area contributed by atoms with Gasteiger partial charge in [-0.3, -0.25) is 0 Å². The molecule has 4 rings (SSSR count). The Morgan fingerprint density at radius 2 is 2.13 bits per heavy atom. The summed E-state index contributed by atoms with van der Waals surface area (Å²) in [7, 11) is 0. The Morgan fingerprint density at radius 3 is 2.83 bits per heavy atom. The molecule has 23 heavy (non-hydrogen) atoms. The second-order valence-corrected chi connectivity index (χ2v) is 6.83. The highest BCUT2D eigenvalue weighted by Crippen LogP contribution is 2.38. The van der Waals surface area contributed by atoms with Gasteiger partial charge < -0.3 is 14.7 Å². The molecule has 1 aliphatic carbocycles. The average Bonchev–Trinajstić information content (AvgIpc) is 3.18. The molecule has 0 spiro atoms. The summed E-state index contributed by atoms with van der Waals surface area (Å²) in [5.74, 6) is 1.63. The maximum Gasteiger partial charge on any atom is 0.139 e. The average molecular weight is 312 g/mol. The molecule has 3 aromatic rings. The molecular formula is C18H24N4O. The van der Waals surface area contributed by atoms with Gasteiger partial charge in [0.2, 0.25) is 0 Å². The van der Waals surface area contributed by atoms with E-state index in [2.05, 4.69) is 27.5 Å². The number of H-pyrrole nitrogens is 1. The van der Waals surface area contributed by atoms with Crippen molar-refractivity contribution in [2.75, 3.05) is 0 Å². The van der Waals surface area contributed by atoms with E-state index < -0.39 is 6.10 Å². The SMILES string of the molecule is CC[C@H]1CC[C@H](n2c([C@@H](C)O)nc3cnc4[nH]ccc4c32)CC1. The largest absolute Gasteiger partial charge is 0.385 e. The summed E-state index contributed by atoms with van der Waals surface area (Å²) in [5.41, 5.74) is 2.88. The van der Waals surface area contributed by atoms with E-state index in [0.717, 1.165) is 46.7 Å². The minimum absolute atomic E-state index is 0.424. The fraction of sp³-hybridized carbons (Fsp3) is 0.556. The Labute approximate surface area is 135 Å². The number of rotatable bonds is 3. The minimum atomic E-state index is -0.569. The van der Waals surface area contributed by atoms with Gasteiger partial charge in [0.1, 0.15) is 23.1 Å². The van der Waals surface area contributed by atoms with Gasteiger partial charge in [-0.2, -0.15) is 0 Å². The molecule has 0 radical (unpaired) electrons. The second kappa shape index (κ2) is 5.64. The second-order valence-electron chi connectivity index (χ2n) is 6.83. The van der Waals surface area contributed by atoms with Gasteiger partial charge >= 0.3 is 0 Å². The van der Waals surface area contributed by atoms with Gasteiger partial charge in [0.15, 0.2) is 0 Å². The zero-order valence-electron chi connectivity index (χ0n) is 13.8. The first-order chi connectivity index (χ1) is 11.2. The quantitative estimate of drug-likeness (QED) is 0.765. The van der Waals surface area contributed by atoms with E-state index in [1.54, 1.807) is 6.92 Å². The number of aliphatic hydroxyl groups excluding tert-OH is 1. The van der Waals surface area contributed by atoms with Crippen molar-refractivity contribution in [3.63, 3.8) is 0 Å². The number of aromatic nitrogens is 4. The number of nitrogens with zero attached hydrogens (tertiary/aromatic N) is 3. The zero-order chi connectivity index (χ0) is 16.0. The number of fused-ring (bicyclic) bond motifs is 3. The van der Waals surface area contributed by atoms with Crippen LogP contribution in [0.4, 0.5) is 0 Å². The van der Waals surface area contributed by atoms with E-state index in [9.17, 15) is 5.11 Å². The Hall–Kier alpha value is -1.88. The number of aliphatic hydroxyl groups is 1. The summed E-state index contributed by atoms with van der Waals surface area (Å²) in [6.45, 7) is 4.09. The van der Waals surface area contributed by atoms with Gasteiger partial charge in [0, 0.05) is 17.6 Å². The maximum atomic E-state index is 10.2. The molecule has 5 nitrogen and oxygen atoms in total. The summed E-state index contributed by atoms with van der Waals surface area (Å²) >= 11 is 0. The van der Waals surface area contributed by atoms with E-state index in [0.29, 0.717) is 6.04 Å². The lowest BCUT2D eigenvalue weighted by Gasteiger charge is -2.30. The van der Waals surface area contributed by atoms with Gasteiger partial charge in [0.05, 0.1) is 11.7 Å². The molecule has 0 amide bonds. The van der Waals surface area contributed by atoms with Gasteiger partial charge in [-0.25, -0.2) is 9.97 Å². The first kappa shape index (κ1) is 14.7. The van der Waals surface area contributed by atoms with Crippen LogP contribution in [0.2, 0.25) is 0 Å². The summed E-state index contributed by atoms with van der Waals surface area (Å²) in [6.07, 6.45) is 9.30. The Balaban J connectivity index is 1.88. The van der Waals surface area contributed by atoms with E-state index in [1.165, 1.54) is 19.3 Å². The summed E-state index contributed by atoms with van der Waals surface area (Å²) in [5, 5.41) is 11.3. The lowest BCUT2D eigenvalue weighted by molar-refractivity contribution is 0.174. The monoisotopic (exact) mass is 312 g/mol. The molecule has 1 atom stereocenters. The van der Waals surface area contributed by atoms with E-state index in [4.69, 9.17) is 4.98 Å². The van der Waals surface area contributed by atoms with Gasteiger partial charge in [-0.1, -0.05) is 13.3 Å². The van der Waals surface area contributed by atoms with Crippen LogP contribution >= 0.6 is 0 Å². The van der Waals surface area contributed by atoms with Crippen molar-refractivity contribution >= 4 is 22.1 Å². The molecule has 122 valence electrons. The van der Waals surface area contributed by atoms with Crippen molar-refractivity contribution in [3.05, 3.63) is 24.3 Å². The minimum Gasteiger partial charge on any atom is -0.385 e. The molecule has 0 unspecified atom stereocenters. The third kappa shape index (κ3) is 2.34. The van der Waals surface area contributed by atoms with E-state index in [-0.39, 0.29) is 0 Å². The topological polar surface area (TPSA) is 66.7 Å². The van der Waals surface area contributed by atoms with Crippen molar-refractivity contribution in [2.45, 2.75) is 58.1 Å². The molecule has 3 heterocycles. The van der Waals surface area contributed by atoms with E-state index in [1.807, 2.05) is 12.4 Å². The molecule has 0 aromatic carbocycles. The normalized spacial score (nSPS) is 23.6. The number of pyridine rings is 1. The molecule has 0 aliphatic heterocycles. The zero-order valence-corrected chi connectivity index (χ0v) is 13.8. The van der Waals surface area contributed by atoms with Crippen molar-refractivity contribution in [1.29, 1.82) is 0 Å². The molecule has 5 heteroatoms. The molecule has 1 saturated carbocycles. The first-order valence-corrected chi connectivity index (χ1v) is 8.71. The number of imidazole rings is 1. The number of aromatic amines is 1. The smallest absolute Gasteiger partial charge is 0.139 e. The third-order valence-corrected chi connectivity index (χ3v) is 5.39. The van der Waals surface area contributed by atoms with Crippen LogP contribution in [0.3, 0.4) is 0 Å². The van der Waals surface area contributed by atoms with Crippen LogP contribution in [0.15, 0.2) is 18.5 Å². The highest BCUT2D eigenvalue weighted by atomic mass is 16.3. The predicted molar refractivity (Wildman–Crippen MR) is 91.3 cm³/mol. The van der Waals surface area contributed by atoms with Crippen molar-refractivity contribution in [1.82, 2.24) is 19.5 Å². The predicted octanol–water partition coefficient (Wildman–Crippen LogP) is 4.11. The van der Waals surface area contributed by atoms with Crippen LogP contribution in [0.1, 0.15) is 63.9 Å². The van der Waals surface area contributed by atoms with E-state index >= 15 is 0 Å². The van der Waals surface area contributed by atoms with Crippen LogP contribution in [0.25, 0.3) is 22.1 Å². The molecule has 0 bridgehead atoms. The number of hydrogen-bond acceptors (Lipinski definition) is 3. The Bertz CT molecular complexity index is 824. The first-order valence-electron chi connectivity index (χ1n) is 8.71. The van der Waals surface area contributed by atoms with Crippen molar-refractivity contribution < 1.29 is 5.11 Å². The summed E-state index contributed by atoms with van der Waals surface area (Å²) in [6, 6.07) is 2.49. The molecule has 0 saturated heterocycles. The molecule has 2 N–H and O–H groups in total. The lowest BCUT2D eigenvalue weighted by atomic mass is 9.84. The third-order valence-electron chi connectivity index (χ3n) is 5.39. The van der Waals surface area contributed by atoms with Crippen molar-refractivity contribution in [2.24, 2.45) is 5.92 Å². The molecule has 1 aliphatic rings. The Morgan fingerprint density at radius 1 is 1.35 bits per heavy atom. The number of hydrogen-bond donors (Lipinski definition) is 2. The molecule has 3 aromatic heterocycles. The van der Waals surface area contributed by atoms with Crippen LogP contribution in [0.5, 0.6) is 0 Å². The van der Waals surface area contributed by atoms with Gasteiger partial charge in [-0.15, -0.1) is 0 Å². The fourth-order valence-electron chi connectivity index (χ4n) is 4.09. The maximum absolute atomic E-state index is 10.2. The van der Waals surface area contributed by atoms with Crippen LogP contribution < -0.4 is 0 Å². The van der Waals surface area contributed by atoms with Crippen LogP contribution in [-0.4, -0.2) is 24.6 Å². The summed E-state index contributed by atoms with van der Waals surface area (Å²) < 4.78 is 2.30. The van der Waals surface area contributed by atoms with Crippen molar-refractivity contribution in [3.8, 4) is 0 Å². The fourth-order valence-corrected chi connectivity index (χ4v) is 4.09.